The van der Waals surface area contributed by atoms with Crippen LogP contribution in [-0.2, 0) is 6.18 Å². The van der Waals surface area contributed by atoms with Gasteiger partial charge in [0.1, 0.15) is 5.82 Å². The molecule has 3 aromatic rings. The first-order valence-corrected chi connectivity index (χ1v) is 10.6. The summed E-state index contributed by atoms with van der Waals surface area (Å²) in [5.74, 6) is -3.82. The van der Waals surface area contributed by atoms with Gasteiger partial charge in [-0.2, -0.15) is 13.2 Å². The van der Waals surface area contributed by atoms with Crippen LogP contribution in [0.2, 0.25) is 0 Å². The van der Waals surface area contributed by atoms with E-state index in [2.05, 4.69) is 10.3 Å². The lowest BCUT2D eigenvalue weighted by Crippen LogP contribution is -2.19. The Hall–Kier alpha value is -3.17. The lowest BCUT2D eigenvalue weighted by molar-refractivity contribution is -0.140. The van der Waals surface area contributed by atoms with Crippen LogP contribution in [0.5, 0.6) is 0 Å². The summed E-state index contributed by atoms with van der Waals surface area (Å²) in [6.45, 7) is 0. The highest BCUT2D eigenvalue weighted by Gasteiger charge is 2.36. The molecule has 33 heavy (non-hydrogen) atoms. The molecule has 2 N–H and O–H groups in total. The molecule has 0 saturated heterocycles. The van der Waals surface area contributed by atoms with Crippen LogP contribution >= 0.6 is 0 Å². The molecule has 1 saturated carbocycles. The third-order valence-electron chi connectivity index (χ3n) is 5.97. The van der Waals surface area contributed by atoms with E-state index in [9.17, 15) is 26.7 Å². The number of halogens is 5. The van der Waals surface area contributed by atoms with Crippen LogP contribution in [0, 0.1) is 11.6 Å². The maximum Gasteiger partial charge on any atom is 0.419 e. The van der Waals surface area contributed by atoms with E-state index in [-0.39, 0.29) is 5.69 Å². The summed E-state index contributed by atoms with van der Waals surface area (Å²) in [6, 6.07) is 4.38. The SMILES string of the molecule is CN(C)c1cc2nc(C3CCCCC3)[nH]c2cc1NC(=O)c1ccc(C(F)(F)F)c(F)c1F. The number of hydrogen-bond donors (Lipinski definition) is 2. The number of benzene rings is 2. The average Bonchev–Trinajstić information content (AvgIpc) is 3.17. The minimum atomic E-state index is -5.07. The zero-order valence-corrected chi connectivity index (χ0v) is 18.1. The van der Waals surface area contributed by atoms with Gasteiger partial charge in [0.2, 0.25) is 0 Å². The Balaban J connectivity index is 1.68. The Morgan fingerprint density at radius 2 is 1.79 bits per heavy atom. The number of alkyl halides is 3. The van der Waals surface area contributed by atoms with E-state index in [1.807, 2.05) is 0 Å². The summed E-state index contributed by atoms with van der Waals surface area (Å²) in [7, 11) is 3.48. The number of imidazole rings is 1. The van der Waals surface area contributed by atoms with Crippen LogP contribution in [-0.4, -0.2) is 30.0 Å². The molecule has 2 aromatic carbocycles. The van der Waals surface area contributed by atoms with Gasteiger partial charge in [-0.1, -0.05) is 19.3 Å². The van der Waals surface area contributed by atoms with Gasteiger partial charge in [0.15, 0.2) is 11.6 Å². The van der Waals surface area contributed by atoms with Gasteiger partial charge in [-0.25, -0.2) is 13.8 Å². The van der Waals surface area contributed by atoms with E-state index >= 15 is 0 Å². The van der Waals surface area contributed by atoms with E-state index in [4.69, 9.17) is 4.98 Å². The highest BCUT2D eigenvalue weighted by molar-refractivity contribution is 6.07. The van der Waals surface area contributed by atoms with Gasteiger partial charge in [-0.3, -0.25) is 4.79 Å². The molecule has 1 aliphatic rings. The number of aromatic nitrogens is 2. The fourth-order valence-corrected chi connectivity index (χ4v) is 4.24. The Bertz CT molecular complexity index is 1200. The number of nitrogens with zero attached hydrogens (tertiary/aromatic N) is 2. The molecule has 5 nitrogen and oxygen atoms in total. The number of aromatic amines is 1. The zero-order valence-electron chi connectivity index (χ0n) is 18.1. The number of nitrogens with one attached hydrogen (secondary N) is 2. The standard InChI is InChI=1S/C23H23F5N4O/c1-32(2)18-11-16-15(29-21(30-16)12-6-4-3-5-7-12)10-17(18)31-22(33)13-8-9-14(23(26,27)28)20(25)19(13)24/h8-12H,3-7H2,1-2H3,(H,29,30)(H,31,33). The molecule has 1 fully saturated rings. The van der Waals surface area contributed by atoms with Crippen LogP contribution < -0.4 is 10.2 Å². The van der Waals surface area contributed by atoms with E-state index in [0.29, 0.717) is 34.8 Å². The third kappa shape index (κ3) is 4.51. The van der Waals surface area contributed by atoms with Crippen LogP contribution in [0.3, 0.4) is 0 Å². The van der Waals surface area contributed by atoms with Crippen LogP contribution in [0.1, 0.15) is 59.8 Å². The molecule has 1 heterocycles. The van der Waals surface area contributed by atoms with Gasteiger partial charge in [-0.15, -0.1) is 0 Å². The lowest BCUT2D eigenvalue weighted by Gasteiger charge is -2.18. The first-order chi connectivity index (χ1) is 15.6. The van der Waals surface area contributed by atoms with Crippen molar-refractivity contribution in [3.63, 3.8) is 0 Å². The van der Waals surface area contributed by atoms with Crippen molar-refractivity contribution in [1.29, 1.82) is 0 Å². The smallest absolute Gasteiger partial charge is 0.376 e. The lowest BCUT2D eigenvalue weighted by atomic mass is 9.89. The number of anilines is 2. The zero-order chi connectivity index (χ0) is 23.9. The average molecular weight is 466 g/mol. The van der Waals surface area contributed by atoms with Crippen molar-refractivity contribution in [2.75, 3.05) is 24.3 Å². The Morgan fingerprint density at radius 3 is 2.42 bits per heavy atom. The number of amides is 1. The molecule has 0 atom stereocenters. The normalized spacial score (nSPS) is 15.1. The molecule has 1 amide bonds. The molecule has 0 spiro atoms. The molecule has 0 aliphatic heterocycles. The molecular formula is C23H23F5N4O. The molecule has 0 unspecified atom stereocenters. The Labute approximate surface area is 187 Å². The topological polar surface area (TPSA) is 61.0 Å². The largest absolute Gasteiger partial charge is 0.419 e. The minimum absolute atomic E-state index is 0.288. The molecule has 1 aliphatic carbocycles. The second kappa shape index (κ2) is 8.64. The van der Waals surface area contributed by atoms with Crippen molar-refractivity contribution in [2.45, 2.75) is 44.2 Å². The maximum absolute atomic E-state index is 14.3. The van der Waals surface area contributed by atoms with E-state index in [0.717, 1.165) is 31.5 Å². The van der Waals surface area contributed by atoms with E-state index in [1.54, 1.807) is 31.1 Å². The van der Waals surface area contributed by atoms with Crippen LogP contribution in [0.15, 0.2) is 24.3 Å². The summed E-state index contributed by atoms with van der Waals surface area (Å²) >= 11 is 0. The highest BCUT2D eigenvalue weighted by Crippen LogP contribution is 2.36. The van der Waals surface area contributed by atoms with Crippen molar-refractivity contribution in [1.82, 2.24) is 9.97 Å². The summed E-state index contributed by atoms with van der Waals surface area (Å²) in [5.41, 5.74) is -0.376. The third-order valence-corrected chi connectivity index (χ3v) is 5.97. The summed E-state index contributed by atoms with van der Waals surface area (Å²) < 4.78 is 66.7. The first-order valence-electron chi connectivity index (χ1n) is 10.6. The fourth-order valence-electron chi connectivity index (χ4n) is 4.24. The van der Waals surface area contributed by atoms with Crippen LogP contribution in [0.4, 0.5) is 33.3 Å². The molecule has 1 aromatic heterocycles. The Kier molecular flexibility index (Phi) is 6.02. The number of rotatable bonds is 4. The number of fused-ring (bicyclic) bond motifs is 1. The molecule has 0 bridgehead atoms. The van der Waals surface area contributed by atoms with Crippen molar-refractivity contribution in [3.8, 4) is 0 Å². The molecule has 10 heteroatoms. The first kappa shape index (κ1) is 23.0. The predicted octanol–water partition coefficient (Wildman–Crippen LogP) is 6.23. The Morgan fingerprint density at radius 1 is 1.09 bits per heavy atom. The minimum Gasteiger partial charge on any atom is -0.376 e. The van der Waals surface area contributed by atoms with Crippen molar-refractivity contribution in [2.24, 2.45) is 0 Å². The summed E-state index contributed by atoms with van der Waals surface area (Å²) in [4.78, 5) is 22.4. The van der Waals surface area contributed by atoms with E-state index in [1.165, 1.54) is 6.42 Å². The van der Waals surface area contributed by atoms with Gasteiger partial charge < -0.3 is 15.2 Å². The molecule has 0 radical (unpaired) electrons. The molecule has 4 rings (SSSR count). The van der Waals surface area contributed by atoms with Gasteiger partial charge in [0.25, 0.3) is 5.91 Å². The van der Waals surface area contributed by atoms with Gasteiger partial charge in [0, 0.05) is 20.0 Å². The van der Waals surface area contributed by atoms with Crippen molar-refractivity contribution in [3.05, 3.63) is 52.9 Å². The summed E-state index contributed by atoms with van der Waals surface area (Å²) in [6.07, 6.45) is 0.506. The van der Waals surface area contributed by atoms with Crippen molar-refractivity contribution >= 4 is 28.3 Å². The predicted molar refractivity (Wildman–Crippen MR) is 116 cm³/mol. The second-order valence-electron chi connectivity index (χ2n) is 8.48. The fraction of sp³-hybridized carbons (Fsp3) is 0.391. The van der Waals surface area contributed by atoms with Gasteiger partial charge in [0.05, 0.1) is 33.5 Å². The molecular weight excluding hydrogens is 443 g/mol. The molecule has 176 valence electrons. The van der Waals surface area contributed by atoms with Gasteiger partial charge >= 0.3 is 6.18 Å². The van der Waals surface area contributed by atoms with Gasteiger partial charge in [-0.05, 0) is 37.1 Å². The summed E-state index contributed by atoms with van der Waals surface area (Å²) in [5, 5.41) is 2.50. The highest BCUT2D eigenvalue weighted by atomic mass is 19.4. The maximum atomic E-state index is 14.3. The van der Waals surface area contributed by atoms with Crippen molar-refractivity contribution < 1.29 is 26.7 Å². The monoisotopic (exact) mass is 466 g/mol. The van der Waals surface area contributed by atoms with Crippen LogP contribution in [0.25, 0.3) is 11.0 Å². The number of H-pyrrole nitrogens is 1. The quantitative estimate of drug-likeness (QED) is 0.449. The number of carbonyl (C=O) groups excluding carboxylic acids is 1. The second-order valence-corrected chi connectivity index (χ2v) is 8.48. The van der Waals surface area contributed by atoms with E-state index < -0.39 is 34.8 Å². The number of carbonyl (C=O) groups is 1. The number of hydrogen-bond acceptors (Lipinski definition) is 3.